The molecule has 0 unspecified atom stereocenters. The fourth-order valence-electron chi connectivity index (χ4n) is 3.96. The van der Waals surface area contributed by atoms with E-state index in [1.54, 1.807) is 86.6 Å². The molecule has 0 saturated carbocycles. The van der Waals surface area contributed by atoms with E-state index in [2.05, 4.69) is 0 Å². The lowest BCUT2D eigenvalue weighted by Gasteiger charge is -2.26. The zero-order valence-corrected chi connectivity index (χ0v) is 22.6. The van der Waals surface area contributed by atoms with E-state index in [-0.39, 0.29) is 23.0 Å². The Bertz CT molecular complexity index is 1620. The van der Waals surface area contributed by atoms with Crippen molar-refractivity contribution in [2.75, 3.05) is 0 Å². The van der Waals surface area contributed by atoms with E-state index in [9.17, 15) is 16.8 Å². The lowest BCUT2D eigenvalue weighted by atomic mass is 9.78. The summed E-state index contributed by atoms with van der Waals surface area (Å²) in [5.74, 6) is 0.497. The van der Waals surface area contributed by atoms with Gasteiger partial charge in [0.05, 0.1) is 0 Å². The van der Waals surface area contributed by atoms with Crippen molar-refractivity contribution in [2.45, 2.75) is 50.3 Å². The molecule has 6 nitrogen and oxygen atoms in total. The number of rotatable bonds is 8. The standard InChI is InChI=1S/C29H28O6S2.CH4/c1-21-9-5-7-11-27(21)35-36(30,31)26-19-15-24(16-20-26)29(3,4)23-13-17-25(18-14-23)34-37(32,33)28-12-8-6-10-22(28)2;/h5-20H,1-4H3;1H4. The van der Waals surface area contributed by atoms with Crippen LogP contribution in [-0.2, 0) is 25.7 Å². The highest BCUT2D eigenvalue weighted by atomic mass is 32.2. The Morgan fingerprint density at radius 2 is 1.08 bits per heavy atom. The number of hydrogen-bond acceptors (Lipinski definition) is 6. The molecule has 0 radical (unpaired) electrons. The van der Waals surface area contributed by atoms with Crippen LogP contribution in [0.2, 0.25) is 0 Å². The third kappa shape index (κ3) is 6.09. The van der Waals surface area contributed by atoms with Crippen molar-refractivity contribution in [3.8, 4) is 11.5 Å². The molecule has 4 aromatic carbocycles. The predicted molar refractivity (Wildman–Crippen MR) is 150 cm³/mol. The van der Waals surface area contributed by atoms with Crippen LogP contribution in [0.15, 0.2) is 107 Å². The maximum Gasteiger partial charge on any atom is 0.339 e. The van der Waals surface area contributed by atoms with Gasteiger partial charge in [-0.3, -0.25) is 0 Å². The number of aryl methyl sites for hydroxylation is 2. The van der Waals surface area contributed by atoms with Crippen LogP contribution in [-0.4, -0.2) is 16.8 Å². The fraction of sp³-hybridized carbons (Fsp3) is 0.200. The van der Waals surface area contributed by atoms with Gasteiger partial charge in [-0.15, -0.1) is 0 Å². The minimum absolute atomic E-state index is 0. The average Bonchev–Trinajstić information content (AvgIpc) is 2.86. The van der Waals surface area contributed by atoms with E-state index in [1.807, 2.05) is 19.9 Å². The second-order valence-electron chi connectivity index (χ2n) is 9.28. The second-order valence-corrected chi connectivity index (χ2v) is 12.3. The third-order valence-corrected chi connectivity index (χ3v) is 8.96. The van der Waals surface area contributed by atoms with Crippen molar-refractivity contribution in [1.82, 2.24) is 0 Å². The first kappa shape index (κ1) is 28.9. The van der Waals surface area contributed by atoms with Crippen molar-refractivity contribution < 1.29 is 25.2 Å². The van der Waals surface area contributed by atoms with Crippen molar-refractivity contribution in [3.63, 3.8) is 0 Å². The summed E-state index contributed by atoms with van der Waals surface area (Å²) in [4.78, 5) is 0.182. The molecule has 0 amide bonds. The molecular weight excluding hydrogens is 520 g/mol. The number of benzene rings is 4. The first-order chi connectivity index (χ1) is 17.4. The first-order valence-corrected chi connectivity index (χ1v) is 14.4. The molecular formula is C30H32O6S2. The maximum atomic E-state index is 12.8. The van der Waals surface area contributed by atoms with Crippen molar-refractivity contribution in [1.29, 1.82) is 0 Å². The monoisotopic (exact) mass is 552 g/mol. The largest absolute Gasteiger partial charge is 0.379 e. The molecule has 8 heteroatoms. The molecule has 0 aliphatic rings. The first-order valence-electron chi connectivity index (χ1n) is 11.6. The summed E-state index contributed by atoms with van der Waals surface area (Å²) < 4.78 is 61.6. The predicted octanol–water partition coefficient (Wildman–Crippen LogP) is 6.80. The van der Waals surface area contributed by atoms with Gasteiger partial charge in [0, 0.05) is 5.41 Å². The van der Waals surface area contributed by atoms with Gasteiger partial charge in [0.25, 0.3) is 0 Å². The van der Waals surface area contributed by atoms with Crippen LogP contribution >= 0.6 is 0 Å². The lowest BCUT2D eigenvalue weighted by Crippen LogP contribution is -2.19. The molecule has 0 aromatic heterocycles. The van der Waals surface area contributed by atoms with Crippen LogP contribution in [0.25, 0.3) is 0 Å². The Labute approximate surface area is 226 Å². The minimum Gasteiger partial charge on any atom is -0.379 e. The summed E-state index contributed by atoms with van der Waals surface area (Å²) >= 11 is 0. The van der Waals surface area contributed by atoms with Gasteiger partial charge in [-0.05, 0) is 72.5 Å². The van der Waals surface area contributed by atoms with Gasteiger partial charge >= 0.3 is 20.2 Å². The van der Waals surface area contributed by atoms with E-state index in [0.717, 1.165) is 16.7 Å². The molecule has 0 aliphatic heterocycles. The SMILES string of the molecule is C.Cc1ccccc1OS(=O)(=O)c1ccc(C(C)(C)c2ccc(OS(=O)(=O)c3ccccc3C)cc2)cc1. The third-order valence-electron chi connectivity index (χ3n) is 6.30. The Morgan fingerprint density at radius 1 is 0.579 bits per heavy atom. The summed E-state index contributed by atoms with van der Waals surface area (Å²) in [5.41, 5.74) is 2.62. The molecule has 0 heterocycles. The van der Waals surface area contributed by atoms with Gasteiger partial charge in [0.2, 0.25) is 0 Å². The smallest absolute Gasteiger partial charge is 0.339 e. The van der Waals surface area contributed by atoms with E-state index in [4.69, 9.17) is 8.37 Å². The molecule has 200 valence electrons. The number of para-hydroxylation sites is 1. The normalized spacial score (nSPS) is 11.9. The molecule has 4 rings (SSSR count). The summed E-state index contributed by atoms with van der Waals surface area (Å²) in [6, 6.07) is 27.0. The maximum absolute atomic E-state index is 12.8. The molecule has 38 heavy (non-hydrogen) atoms. The zero-order chi connectivity index (χ0) is 26.8. The quantitative estimate of drug-likeness (QED) is 0.223. The Balaban J connectivity index is 0.00000400. The fourth-order valence-corrected chi connectivity index (χ4v) is 6.11. The summed E-state index contributed by atoms with van der Waals surface area (Å²) in [5, 5.41) is 0. The van der Waals surface area contributed by atoms with Gasteiger partial charge in [-0.25, -0.2) is 0 Å². The lowest BCUT2D eigenvalue weighted by molar-refractivity contribution is 0.482. The molecule has 0 fully saturated rings. The minimum atomic E-state index is -3.99. The van der Waals surface area contributed by atoms with Gasteiger partial charge in [0.15, 0.2) is 0 Å². The van der Waals surface area contributed by atoms with E-state index in [0.29, 0.717) is 11.3 Å². The zero-order valence-electron chi connectivity index (χ0n) is 21.0. The Kier molecular flexibility index (Phi) is 8.39. The second kappa shape index (κ2) is 11.0. The Hall–Kier alpha value is -3.62. The Morgan fingerprint density at radius 3 is 1.63 bits per heavy atom. The average molecular weight is 553 g/mol. The van der Waals surface area contributed by atoms with Gasteiger partial charge in [0.1, 0.15) is 21.3 Å². The van der Waals surface area contributed by atoms with Gasteiger partial charge < -0.3 is 8.37 Å². The van der Waals surface area contributed by atoms with Crippen LogP contribution in [0, 0.1) is 13.8 Å². The van der Waals surface area contributed by atoms with Crippen molar-refractivity contribution in [2.24, 2.45) is 0 Å². The highest BCUT2D eigenvalue weighted by molar-refractivity contribution is 7.87. The van der Waals surface area contributed by atoms with Crippen LogP contribution in [0.4, 0.5) is 0 Å². The van der Waals surface area contributed by atoms with Crippen molar-refractivity contribution >= 4 is 20.2 Å². The van der Waals surface area contributed by atoms with Crippen LogP contribution < -0.4 is 8.37 Å². The molecule has 4 aromatic rings. The van der Waals surface area contributed by atoms with E-state index < -0.39 is 25.7 Å². The summed E-state index contributed by atoms with van der Waals surface area (Å²) in [6.45, 7) is 7.50. The van der Waals surface area contributed by atoms with Crippen molar-refractivity contribution in [3.05, 3.63) is 119 Å². The number of hydrogen-bond donors (Lipinski definition) is 0. The van der Waals surface area contributed by atoms with E-state index in [1.165, 1.54) is 18.2 Å². The van der Waals surface area contributed by atoms with Crippen LogP contribution in [0.1, 0.15) is 43.5 Å². The highest BCUT2D eigenvalue weighted by Crippen LogP contribution is 2.34. The highest BCUT2D eigenvalue weighted by Gasteiger charge is 2.26. The van der Waals surface area contributed by atoms with Crippen LogP contribution in [0.5, 0.6) is 11.5 Å². The van der Waals surface area contributed by atoms with E-state index >= 15 is 0 Å². The molecule has 0 spiro atoms. The molecule has 0 N–H and O–H groups in total. The van der Waals surface area contributed by atoms with Gasteiger partial charge in [-0.1, -0.05) is 81.9 Å². The van der Waals surface area contributed by atoms with Crippen LogP contribution in [0.3, 0.4) is 0 Å². The molecule has 0 atom stereocenters. The van der Waals surface area contributed by atoms with Gasteiger partial charge in [-0.2, -0.15) is 16.8 Å². The molecule has 0 saturated heterocycles. The molecule has 0 bridgehead atoms. The summed E-state index contributed by atoms with van der Waals surface area (Å²) in [6.07, 6.45) is 0. The topological polar surface area (TPSA) is 86.7 Å². The molecule has 0 aliphatic carbocycles. The summed E-state index contributed by atoms with van der Waals surface area (Å²) in [7, 11) is -7.94.